The third-order valence-electron chi connectivity index (χ3n) is 4.02. The molecule has 2 aliphatic heterocycles. The van der Waals surface area contributed by atoms with Gasteiger partial charge in [0.15, 0.2) is 0 Å². The van der Waals surface area contributed by atoms with E-state index in [0.717, 1.165) is 6.42 Å². The van der Waals surface area contributed by atoms with E-state index in [0.29, 0.717) is 5.92 Å². The quantitative estimate of drug-likeness (QED) is 0.487. The molecule has 0 amide bonds. The Bertz CT molecular complexity index is 552. The maximum atomic E-state index is 12.1. The van der Waals surface area contributed by atoms with Gasteiger partial charge in [0.1, 0.15) is 12.6 Å². The van der Waals surface area contributed by atoms with E-state index < -0.39 is 0 Å². The number of para-hydroxylation sites is 1. The maximum Gasteiger partial charge on any atom is 0.324 e. The number of carbonyl (C=O) groups is 1. The fourth-order valence-electron chi connectivity index (χ4n) is 3.14. The number of anilines is 1. The van der Waals surface area contributed by atoms with E-state index in [1.807, 2.05) is 10.7 Å². The molecule has 0 radical (unpaired) electrons. The van der Waals surface area contributed by atoms with Gasteiger partial charge in [-0.3, -0.25) is 9.46 Å². The summed E-state index contributed by atoms with van der Waals surface area (Å²) in [5, 5.41) is 0. The van der Waals surface area contributed by atoms with E-state index >= 15 is 0 Å². The van der Waals surface area contributed by atoms with Crippen molar-refractivity contribution in [3.8, 4) is 0 Å². The Hall–Kier alpha value is -0.950. The van der Waals surface area contributed by atoms with Crippen molar-refractivity contribution in [3.05, 3.63) is 42.5 Å². The Labute approximate surface area is 123 Å². The molecular weight excluding hydrogens is 290 g/mol. The lowest BCUT2D eigenvalue weighted by molar-refractivity contribution is -0.146. The van der Waals surface area contributed by atoms with Gasteiger partial charge in [0, 0.05) is 11.6 Å². The first-order valence-corrected chi connectivity index (χ1v) is 7.62. The number of rotatable bonds is 3. The summed E-state index contributed by atoms with van der Waals surface area (Å²) in [6.07, 6.45) is 2.55. The highest BCUT2D eigenvalue weighted by Gasteiger charge is 2.50. The lowest BCUT2D eigenvalue weighted by atomic mass is 9.96. The fraction of sp³-hybridized carbons (Fsp3) is 0.357. The third kappa shape index (κ3) is 2.07. The molecule has 0 saturated carbocycles. The van der Waals surface area contributed by atoms with Crippen molar-refractivity contribution in [3.63, 3.8) is 0 Å². The molecule has 0 spiro atoms. The van der Waals surface area contributed by atoms with Crippen molar-refractivity contribution in [2.24, 2.45) is 0 Å². The van der Waals surface area contributed by atoms with Crippen LogP contribution in [-0.4, -0.2) is 29.5 Å². The molecule has 5 unspecified atom stereocenters. The molecule has 0 bridgehead atoms. The summed E-state index contributed by atoms with van der Waals surface area (Å²) in [4.78, 5) is 12.1. The molecule has 0 aliphatic carbocycles. The minimum absolute atomic E-state index is 0.170. The number of hydrogen-bond donors (Lipinski definition) is 0. The topological polar surface area (TPSA) is 32.8 Å². The number of nitrogens with zero attached hydrogens (tertiary/aromatic N) is 2. The summed E-state index contributed by atoms with van der Waals surface area (Å²) in [5.74, 6) is 0.160. The van der Waals surface area contributed by atoms with E-state index in [4.69, 9.17) is 4.74 Å². The Kier molecular flexibility index (Phi) is 3.81. The van der Waals surface area contributed by atoms with Gasteiger partial charge in [-0.15, -0.1) is 0 Å². The Morgan fingerprint density at radius 3 is 2.95 bits per heavy atom. The van der Waals surface area contributed by atoms with Gasteiger partial charge in [-0.2, -0.15) is 0 Å². The number of benzene rings is 1. The van der Waals surface area contributed by atoms with Crippen molar-refractivity contribution in [1.29, 1.82) is 0 Å². The maximum absolute atomic E-state index is 12.1. The molecule has 20 heavy (non-hydrogen) atoms. The summed E-state index contributed by atoms with van der Waals surface area (Å²) in [6.45, 7) is 3.84. The zero-order valence-corrected chi connectivity index (χ0v) is 13.4. The highest BCUT2D eigenvalue weighted by atomic mass is 31.0. The second-order valence-electron chi connectivity index (χ2n) is 5.10. The lowest BCUT2D eigenvalue weighted by Crippen LogP contribution is -2.39. The second kappa shape index (κ2) is 5.44. The monoisotopic (exact) mass is 308 g/mol. The van der Waals surface area contributed by atoms with Crippen LogP contribution in [0.15, 0.2) is 36.9 Å². The molecule has 106 valence electrons. The number of carbonyl (C=O) groups excluding carboxylic acids is 1. The zero-order chi connectivity index (χ0) is 14.3. The van der Waals surface area contributed by atoms with Crippen LogP contribution in [0.25, 0.3) is 0 Å². The fourth-order valence-corrected chi connectivity index (χ4v) is 4.48. The normalized spacial score (nSPS) is 28.1. The number of hydrogen-bond acceptors (Lipinski definition) is 4. The van der Waals surface area contributed by atoms with Crippen LogP contribution >= 0.6 is 18.8 Å². The minimum atomic E-state index is -0.216. The summed E-state index contributed by atoms with van der Waals surface area (Å²) >= 11 is 0. The highest BCUT2D eigenvalue weighted by Crippen LogP contribution is 2.52. The van der Waals surface area contributed by atoms with Crippen LogP contribution in [0, 0.1) is 0 Å². The van der Waals surface area contributed by atoms with E-state index in [9.17, 15) is 4.79 Å². The van der Waals surface area contributed by atoms with Gasteiger partial charge in [0.25, 0.3) is 0 Å². The minimum Gasteiger partial charge on any atom is -0.460 e. The third-order valence-corrected chi connectivity index (χ3v) is 5.27. The molecule has 2 heterocycles. The molecule has 3 rings (SSSR count). The van der Waals surface area contributed by atoms with Crippen LogP contribution < -0.4 is 4.67 Å². The SMILES string of the molecule is C=CCOC(=O)C1CC2c3ccccc3N(P)C2N1P. The first kappa shape index (κ1) is 14.0. The lowest BCUT2D eigenvalue weighted by Gasteiger charge is -2.30. The smallest absolute Gasteiger partial charge is 0.324 e. The van der Waals surface area contributed by atoms with E-state index in [1.165, 1.54) is 11.3 Å². The van der Waals surface area contributed by atoms with Gasteiger partial charge in [-0.25, -0.2) is 0 Å². The molecule has 1 saturated heterocycles. The van der Waals surface area contributed by atoms with Crippen molar-refractivity contribution < 1.29 is 9.53 Å². The molecule has 1 aromatic rings. The molecule has 1 aromatic carbocycles. The van der Waals surface area contributed by atoms with Crippen LogP contribution in [0.3, 0.4) is 0 Å². The van der Waals surface area contributed by atoms with Crippen molar-refractivity contribution in [2.45, 2.75) is 24.5 Å². The number of esters is 1. The predicted octanol–water partition coefficient (Wildman–Crippen LogP) is 2.30. The molecule has 2 aliphatic rings. The van der Waals surface area contributed by atoms with Gasteiger partial charge in [-0.05, 0) is 27.4 Å². The average Bonchev–Trinajstić information content (AvgIpc) is 2.94. The van der Waals surface area contributed by atoms with Crippen molar-refractivity contribution in [2.75, 3.05) is 11.3 Å². The number of ether oxygens (including phenoxy) is 1. The predicted molar refractivity (Wildman–Crippen MR) is 86.3 cm³/mol. The molecule has 0 aromatic heterocycles. The second-order valence-corrected chi connectivity index (χ2v) is 6.26. The summed E-state index contributed by atoms with van der Waals surface area (Å²) in [6, 6.07) is 8.14. The number of fused-ring (bicyclic) bond motifs is 3. The molecule has 1 fully saturated rings. The summed E-state index contributed by atoms with van der Waals surface area (Å²) in [7, 11) is 5.45. The summed E-state index contributed by atoms with van der Waals surface area (Å²) in [5.41, 5.74) is 2.52. The molecule has 0 N–H and O–H groups in total. The summed E-state index contributed by atoms with van der Waals surface area (Å²) < 4.78 is 9.39. The first-order valence-electron chi connectivity index (χ1n) is 6.58. The van der Waals surface area contributed by atoms with Gasteiger partial charge in [0.2, 0.25) is 0 Å². The zero-order valence-electron chi connectivity index (χ0n) is 11.1. The van der Waals surface area contributed by atoms with E-state index in [2.05, 4.69) is 48.2 Å². The van der Waals surface area contributed by atoms with Crippen molar-refractivity contribution >= 4 is 30.4 Å². The van der Waals surface area contributed by atoms with E-state index in [1.54, 1.807) is 6.08 Å². The Morgan fingerprint density at radius 2 is 2.20 bits per heavy atom. The standard InChI is InChI=1S/C14H18N2O2P2/c1-2-7-18-14(17)12-8-10-9-5-3-4-6-11(9)15(19)13(10)16(12)20/h2-6,10,12-13H,1,7-8,19-20H2. The molecular formula is C14H18N2O2P2. The van der Waals surface area contributed by atoms with Crippen LogP contribution in [0.5, 0.6) is 0 Å². The molecule has 6 heteroatoms. The van der Waals surface area contributed by atoms with Gasteiger partial charge < -0.3 is 9.41 Å². The van der Waals surface area contributed by atoms with Crippen LogP contribution in [0.4, 0.5) is 5.69 Å². The van der Waals surface area contributed by atoms with Gasteiger partial charge >= 0.3 is 5.97 Å². The van der Waals surface area contributed by atoms with Gasteiger partial charge in [0.05, 0.1) is 6.17 Å². The molecule has 4 nitrogen and oxygen atoms in total. The Balaban J connectivity index is 1.84. The largest absolute Gasteiger partial charge is 0.460 e. The average molecular weight is 308 g/mol. The Morgan fingerprint density at radius 1 is 1.45 bits per heavy atom. The van der Waals surface area contributed by atoms with Gasteiger partial charge in [-0.1, -0.05) is 40.2 Å². The van der Waals surface area contributed by atoms with Crippen LogP contribution in [0.1, 0.15) is 17.9 Å². The highest BCUT2D eigenvalue weighted by molar-refractivity contribution is 7.19. The van der Waals surface area contributed by atoms with Crippen molar-refractivity contribution in [1.82, 2.24) is 4.67 Å². The molecule has 5 atom stereocenters. The van der Waals surface area contributed by atoms with E-state index in [-0.39, 0.29) is 24.8 Å². The van der Waals surface area contributed by atoms with Crippen LogP contribution in [-0.2, 0) is 9.53 Å². The first-order chi connectivity index (χ1) is 9.65. The van der Waals surface area contributed by atoms with Crippen LogP contribution in [0.2, 0.25) is 0 Å².